The molecule has 22 heavy (non-hydrogen) atoms. The molecule has 0 bridgehead atoms. The van der Waals surface area contributed by atoms with E-state index < -0.39 is 30.2 Å². The first-order valence-electron chi connectivity index (χ1n) is 6.48. The number of esters is 1. The molecule has 0 aromatic heterocycles. The molecule has 116 valence electrons. The predicted octanol–water partition coefficient (Wildman–Crippen LogP) is 1.41. The summed E-state index contributed by atoms with van der Waals surface area (Å²) in [4.78, 5) is 50.1. The number of hydrogen-bond donors (Lipinski definition) is 0. The van der Waals surface area contributed by atoms with E-state index in [2.05, 4.69) is 9.57 Å². The highest BCUT2D eigenvalue weighted by Gasteiger charge is 2.34. The van der Waals surface area contributed by atoms with Crippen molar-refractivity contribution in [2.24, 2.45) is 0 Å². The Balaban J connectivity index is 1.83. The predicted molar refractivity (Wildman–Crippen MR) is 70.0 cm³/mol. The molecule has 1 fully saturated rings. The summed E-state index contributed by atoms with van der Waals surface area (Å²) in [6.45, 7) is 1.30. The Morgan fingerprint density at radius 1 is 1.05 bits per heavy atom. The highest BCUT2D eigenvalue weighted by molar-refractivity contribution is 6.01. The summed E-state index contributed by atoms with van der Waals surface area (Å²) in [7, 11) is 0. The van der Waals surface area contributed by atoms with Gasteiger partial charge in [-0.05, 0) is 12.1 Å². The van der Waals surface area contributed by atoms with Gasteiger partial charge in [0.2, 0.25) is 6.29 Å². The van der Waals surface area contributed by atoms with Crippen LogP contribution in [0.25, 0.3) is 0 Å². The van der Waals surface area contributed by atoms with Crippen molar-refractivity contribution < 1.29 is 33.5 Å². The number of hydroxylamine groups is 2. The lowest BCUT2D eigenvalue weighted by Gasteiger charge is -2.16. The van der Waals surface area contributed by atoms with Crippen LogP contribution in [0.15, 0.2) is 30.3 Å². The van der Waals surface area contributed by atoms with Crippen molar-refractivity contribution in [3.05, 3.63) is 35.9 Å². The van der Waals surface area contributed by atoms with Crippen molar-refractivity contribution >= 4 is 23.9 Å². The molecule has 1 atom stereocenters. The molecule has 0 spiro atoms. The molecule has 1 aliphatic rings. The number of benzene rings is 1. The Hall–Kier alpha value is -2.90. The molecule has 0 aliphatic carbocycles. The Morgan fingerprint density at radius 3 is 2.23 bits per heavy atom. The maximum absolute atomic E-state index is 11.7. The fourth-order valence-corrected chi connectivity index (χ4v) is 1.71. The van der Waals surface area contributed by atoms with E-state index in [-0.39, 0.29) is 18.4 Å². The lowest BCUT2D eigenvalue weighted by Crippen LogP contribution is -2.34. The van der Waals surface area contributed by atoms with E-state index >= 15 is 0 Å². The van der Waals surface area contributed by atoms with Gasteiger partial charge in [-0.15, -0.1) is 0 Å². The van der Waals surface area contributed by atoms with Gasteiger partial charge in [-0.3, -0.25) is 14.4 Å². The van der Waals surface area contributed by atoms with Crippen molar-refractivity contribution in [3.63, 3.8) is 0 Å². The van der Waals surface area contributed by atoms with Crippen molar-refractivity contribution in [1.82, 2.24) is 5.06 Å². The Morgan fingerprint density at radius 2 is 1.64 bits per heavy atom. The van der Waals surface area contributed by atoms with Gasteiger partial charge in [-0.2, -0.15) is 0 Å². The number of imide groups is 1. The second-order valence-electron chi connectivity index (χ2n) is 4.38. The average Bonchev–Trinajstić information content (AvgIpc) is 2.79. The van der Waals surface area contributed by atoms with Gasteiger partial charge in [-0.1, -0.05) is 23.3 Å². The van der Waals surface area contributed by atoms with Gasteiger partial charge in [0.15, 0.2) is 0 Å². The van der Waals surface area contributed by atoms with Crippen molar-refractivity contribution in [2.45, 2.75) is 26.1 Å². The summed E-state index contributed by atoms with van der Waals surface area (Å²) in [6, 6.07) is 8.12. The molecular formula is C14H13NO7. The molecule has 1 heterocycles. The van der Waals surface area contributed by atoms with Gasteiger partial charge in [-0.25, -0.2) is 9.59 Å². The molecule has 1 aromatic carbocycles. The average molecular weight is 307 g/mol. The van der Waals surface area contributed by atoms with E-state index in [9.17, 15) is 19.2 Å². The van der Waals surface area contributed by atoms with E-state index in [0.29, 0.717) is 5.06 Å². The van der Waals surface area contributed by atoms with Crippen molar-refractivity contribution in [3.8, 4) is 0 Å². The zero-order valence-electron chi connectivity index (χ0n) is 11.7. The molecule has 2 rings (SSSR count). The minimum Gasteiger partial charge on any atom is -0.422 e. The maximum Gasteiger partial charge on any atom is 0.537 e. The highest BCUT2D eigenvalue weighted by atomic mass is 16.9. The molecule has 0 saturated carbocycles. The number of nitrogens with zero attached hydrogens (tertiary/aromatic N) is 1. The second kappa shape index (κ2) is 6.70. The Kier molecular flexibility index (Phi) is 4.72. The van der Waals surface area contributed by atoms with Gasteiger partial charge < -0.3 is 9.47 Å². The van der Waals surface area contributed by atoms with Crippen LogP contribution in [0, 0.1) is 0 Å². The molecular weight excluding hydrogens is 294 g/mol. The zero-order chi connectivity index (χ0) is 16.1. The summed E-state index contributed by atoms with van der Waals surface area (Å²) in [5, 5.41) is 0.341. The van der Waals surface area contributed by atoms with Crippen molar-refractivity contribution in [2.75, 3.05) is 0 Å². The highest BCUT2D eigenvalue weighted by Crippen LogP contribution is 2.13. The zero-order valence-corrected chi connectivity index (χ0v) is 11.7. The summed E-state index contributed by atoms with van der Waals surface area (Å²) < 4.78 is 9.53. The first-order valence-corrected chi connectivity index (χ1v) is 6.48. The van der Waals surface area contributed by atoms with Crippen LogP contribution in [-0.4, -0.2) is 35.3 Å². The normalized spacial score (nSPS) is 15.4. The molecule has 8 heteroatoms. The summed E-state index contributed by atoms with van der Waals surface area (Å²) in [5.74, 6) is -1.94. The third kappa shape index (κ3) is 3.81. The number of amides is 2. The summed E-state index contributed by atoms with van der Waals surface area (Å²) in [5.41, 5.74) is 0.288. The van der Waals surface area contributed by atoms with Gasteiger partial charge in [0.05, 0.1) is 5.56 Å². The third-order valence-electron chi connectivity index (χ3n) is 2.72. The van der Waals surface area contributed by atoms with Crippen LogP contribution in [-0.2, 0) is 23.9 Å². The van der Waals surface area contributed by atoms with Crippen molar-refractivity contribution in [1.29, 1.82) is 0 Å². The third-order valence-corrected chi connectivity index (χ3v) is 2.72. The van der Waals surface area contributed by atoms with Crippen LogP contribution < -0.4 is 0 Å². The van der Waals surface area contributed by atoms with Crippen LogP contribution >= 0.6 is 0 Å². The van der Waals surface area contributed by atoms with Crippen LogP contribution in [0.3, 0.4) is 0 Å². The standard InChI is InChI=1S/C14H13NO7/c1-9(20-13(18)10-5-3-2-4-6-10)21-14(19)22-15-11(16)7-8-12(15)17/h2-6,9H,7-8H2,1H3. The molecule has 0 N–H and O–H groups in total. The number of rotatable bonds is 4. The Bertz CT molecular complexity index is 582. The number of carbonyl (C=O) groups excluding carboxylic acids is 4. The molecule has 0 radical (unpaired) electrons. The van der Waals surface area contributed by atoms with E-state index in [1.165, 1.54) is 19.1 Å². The molecule has 1 unspecified atom stereocenters. The van der Waals surface area contributed by atoms with Crippen LogP contribution in [0.1, 0.15) is 30.1 Å². The lowest BCUT2D eigenvalue weighted by atomic mass is 10.2. The Labute approximate surface area is 125 Å². The first kappa shape index (κ1) is 15.5. The quantitative estimate of drug-likeness (QED) is 0.471. The molecule has 1 aliphatic heterocycles. The van der Waals surface area contributed by atoms with Gasteiger partial charge in [0, 0.05) is 19.8 Å². The minimum atomic E-state index is -1.31. The number of hydrogen-bond acceptors (Lipinski definition) is 7. The van der Waals surface area contributed by atoms with E-state index in [0.717, 1.165) is 0 Å². The monoisotopic (exact) mass is 307 g/mol. The molecule has 1 saturated heterocycles. The first-order chi connectivity index (χ1) is 10.5. The smallest absolute Gasteiger partial charge is 0.422 e. The summed E-state index contributed by atoms with van der Waals surface area (Å²) in [6.07, 6.45) is -2.60. The second-order valence-corrected chi connectivity index (χ2v) is 4.38. The maximum atomic E-state index is 11.7. The minimum absolute atomic E-state index is 0.0232. The molecule has 8 nitrogen and oxygen atoms in total. The van der Waals surface area contributed by atoms with Gasteiger partial charge in [0.25, 0.3) is 11.8 Å². The lowest BCUT2D eigenvalue weighted by molar-refractivity contribution is -0.183. The van der Waals surface area contributed by atoms with Crippen LogP contribution in [0.4, 0.5) is 4.79 Å². The summed E-state index contributed by atoms with van der Waals surface area (Å²) >= 11 is 0. The largest absolute Gasteiger partial charge is 0.537 e. The fourth-order valence-electron chi connectivity index (χ4n) is 1.71. The number of ether oxygens (including phenoxy) is 2. The fraction of sp³-hybridized carbons (Fsp3) is 0.286. The van der Waals surface area contributed by atoms with E-state index in [1.54, 1.807) is 18.2 Å². The topological polar surface area (TPSA) is 99.2 Å². The molecule has 2 amide bonds. The SMILES string of the molecule is CC(OC(=O)ON1C(=O)CCC1=O)OC(=O)c1ccccc1. The van der Waals surface area contributed by atoms with Gasteiger partial charge >= 0.3 is 12.1 Å². The van der Waals surface area contributed by atoms with Crippen LogP contribution in [0.2, 0.25) is 0 Å². The number of carbonyl (C=O) groups is 4. The molecule has 1 aromatic rings. The van der Waals surface area contributed by atoms with Crippen LogP contribution in [0.5, 0.6) is 0 Å². The van der Waals surface area contributed by atoms with E-state index in [4.69, 9.17) is 4.74 Å². The van der Waals surface area contributed by atoms with Gasteiger partial charge in [0.1, 0.15) is 0 Å². The van der Waals surface area contributed by atoms with E-state index in [1.807, 2.05) is 0 Å².